The predicted molar refractivity (Wildman–Crippen MR) is 119 cm³/mol. The van der Waals surface area contributed by atoms with Crippen LogP contribution < -0.4 is 9.64 Å². The van der Waals surface area contributed by atoms with Crippen molar-refractivity contribution in [2.45, 2.75) is 11.8 Å². The highest BCUT2D eigenvalue weighted by molar-refractivity contribution is 7.89. The Bertz CT molecular complexity index is 936. The van der Waals surface area contributed by atoms with Gasteiger partial charge in [-0.05, 0) is 31.2 Å². The molecule has 2 saturated heterocycles. The molecular formula is C22H30N4O4S. The van der Waals surface area contributed by atoms with Gasteiger partial charge in [-0.3, -0.25) is 4.90 Å². The molecular weight excluding hydrogens is 416 g/mol. The summed E-state index contributed by atoms with van der Waals surface area (Å²) in [6, 6.07) is 11.6. The standard InChI is InChI=1S/C22H30N4O4S/c1-19-2-4-20(5-3-19)30-17-12-24-8-10-25(11-9-24)22-7-6-21(18-23-22)31(27,28)26-13-15-29-16-14-26/h2-7,18H,8-17H2,1H3. The summed E-state index contributed by atoms with van der Waals surface area (Å²) in [7, 11) is -3.50. The van der Waals surface area contributed by atoms with Gasteiger partial charge in [0.2, 0.25) is 10.0 Å². The van der Waals surface area contributed by atoms with Gasteiger partial charge in [-0.15, -0.1) is 0 Å². The van der Waals surface area contributed by atoms with Crippen LogP contribution in [-0.2, 0) is 14.8 Å². The zero-order chi connectivity index (χ0) is 21.7. The Morgan fingerprint density at radius 2 is 1.68 bits per heavy atom. The van der Waals surface area contributed by atoms with Gasteiger partial charge in [0.15, 0.2) is 0 Å². The molecule has 1 aromatic carbocycles. The number of pyridine rings is 1. The van der Waals surface area contributed by atoms with Crippen LogP contribution in [0.25, 0.3) is 0 Å². The second kappa shape index (κ2) is 9.95. The van der Waals surface area contributed by atoms with Crippen LogP contribution in [0.2, 0.25) is 0 Å². The summed E-state index contributed by atoms with van der Waals surface area (Å²) in [5.41, 5.74) is 1.23. The van der Waals surface area contributed by atoms with Crippen LogP contribution in [0.5, 0.6) is 5.75 Å². The van der Waals surface area contributed by atoms with Gasteiger partial charge >= 0.3 is 0 Å². The van der Waals surface area contributed by atoms with Crippen LogP contribution in [0.4, 0.5) is 5.82 Å². The first-order valence-electron chi connectivity index (χ1n) is 10.7. The van der Waals surface area contributed by atoms with Crippen molar-refractivity contribution in [3.63, 3.8) is 0 Å². The van der Waals surface area contributed by atoms with Gasteiger partial charge in [-0.1, -0.05) is 17.7 Å². The second-order valence-corrected chi connectivity index (χ2v) is 9.80. The van der Waals surface area contributed by atoms with Crippen LogP contribution in [-0.4, -0.2) is 88.2 Å². The SMILES string of the molecule is Cc1ccc(OCCN2CCN(c3ccc(S(=O)(=O)N4CCOCC4)cn3)CC2)cc1. The number of morpholine rings is 1. The van der Waals surface area contributed by atoms with Gasteiger partial charge in [0.25, 0.3) is 0 Å². The first-order chi connectivity index (χ1) is 15.0. The Morgan fingerprint density at radius 3 is 2.32 bits per heavy atom. The number of aromatic nitrogens is 1. The second-order valence-electron chi connectivity index (χ2n) is 7.86. The summed E-state index contributed by atoms with van der Waals surface area (Å²) in [6.07, 6.45) is 1.47. The number of anilines is 1. The molecule has 9 heteroatoms. The molecule has 2 aliphatic rings. The van der Waals surface area contributed by atoms with Crippen LogP contribution in [0, 0.1) is 6.92 Å². The third kappa shape index (κ3) is 5.54. The third-order valence-corrected chi connectivity index (χ3v) is 7.60. The molecule has 8 nitrogen and oxygen atoms in total. The highest BCUT2D eigenvalue weighted by Gasteiger charge is 2.27. The molecule has 0 bridgehead atoms. The molecule has 4 rings (SSSR count). The molecule has 3 heterocycles. The van der Waals surface area contributed by atoms with Gasteiger partial charge in [0, 0.05) is 52.0 Å². The maximum absolute atomic E-state index is 12.7. The number of rotatable bonds is 7. The van der Waals surface area contributed by atoms with Gasteiger partial charge in [0.05, 0.1) is 13.2 Å². The third-order valence-electron chi connectivity index (χ3n) is 5.72. The van der Waals surface area contributed by atoms with Gasteiger partial charge in [0.1, 0.15) is 23.1 Å². The maximum atomic E-state index is 12.7. The minimum atomic E-state index is -3.50. The van der Waals surface area contributed by atoms with Crippen LogP contribution in [0.3, 0.4) is 0 Å². The Kier molecular flexibility index (Phi) is 7.06. The van der Waals surface area contributed by atoms with Crippen molar-refractivity contribution in [1.29, 1.82) is 0 Å². The molecule has 0 saturated carbocycles. The van der Waals surface area contributed by atoms with Crippen LogP contribution >= 0.6 is 0 Å². The Morgan fingerprint density at radius 1 is 0.968 bits per heavy atom. The fourth-order valence-corrected chi connectivity index (χ4v) is 5.13. The molecule has 1 aromatic heterocycles. The molecule has 2 fully saturated rings. The highest BCUT2D eigenvalue weighted by atomic mass is 32.2. The first-order valence-corrected chi connectivity index (χ1v) is 12.2. The summed E-state index contributed by atoms with van der Waals surface area (Å²) >= 11 is 0. The summed E-state index contributed by atoms with van der Waals surface area (Å²) in [5, 5.41) is 0. The quantitative estimate of drug-likeness (QED) is 0.640. The molecule has 168 valence electrons. The smallest absolute Gasteiger partial charge is 0.244 e. The molecule has 0 radical (unpaired) electrons. The lowest BCUT2D eigenvalue weighted by molar-refractivity contribution is 0.0730. The minimum absolute atomic E-state index is 0.241. The van der Waals surface area contributed by atoms with E-state index in [1.807, 2.05) is 18.2 Å². The van der Waals surface area contributed by atoms with E-state index in [0.717, 1.165) is 44.3 Å². The van der Waals surface area contributed by atoms with Crippen molar-refractivity contribution in [2.75, 3.05) is 70.5 Å². The number of piperazine rings is 1. The van der Waals surface area contributed by atoms with Crippen molar-refractivity contribution in [3.8, 4) is 5.75 Å². The molecule has 0 atom stereocenters. The zero-order valence-corrected chi connectivity index (χ0v) is 18.8. The zero-order valence-electron chi connectivity index (χ0n) is 17.9. The van der Waals surface area contributed by atoms with Crippen molar-refractivity contribution >= 4 is 15.8 Å². The van der Waals surface area contributed by atoms with Crippen LogP contribution in [0.1, 0.15) is 5.56 Å². The van der Waals surface area contributed by atoms with E-state index >= 15 is 0 Å². The number of sulfonamides is 1. The average Bonchev–Trinajstić information content (AvgIpc) is 2.81. The number of benzene rings is 1. The monoisotopic (exact) mass is 446 g/mol. The normalized spacial score (nSPS) is 18.8. The number of nitrogens with zero attached hydrogens (tertiary/aromatic N) is 4. The van der Waals surface area contributed by atoms with E-state index in [-0.39, 0.29) is 4.90 Å². The van der Waals surface area contributed by atoms with Crippen molar-refractivity contribution < 1.29 is 17.9 Å². The fraction of sp³-hybridized carbons (Fsp3) is 0.500. The largest absolute Gasteiger partial charge is 0.492 e. The summed E-state index contributed by atoms with van der Waals surface area (Å²) in [5.74, 6) is 1.72. The lowest BCUT2D eigenvalue weighted by Gasteiger charge is -2.35. The maximum Gasteiger partial charge on any atom is 0.244 e. The van der Waals surface area contributed by atoms with Gasteiger partial charge in [-0.25, -0.2) is 13.4 Å². The molecule has 0 spiro atoms. The number of hydrogen-bond donors (Lipinski definition) is 0. The molecule has 0 amide bonds. The lowest BCUT2D eigenvalue weighted by Crippen LogP contribution is -2.47. The van der Waals surface area contributed by atoms with E-state index in [1.165, 1.54) is 16.1 Å². The Labute approximate surface area is 184 Å². The van der Waals surface area contributed by atoms with E-state index in [9.17, 15) is 8.42 Å². The van der Waals surface area contributed by atoms with Crippen molar-refractivity contribution in [1.82, 2.24) is 14.2 Å². The van der Waals surface area contributed by atoms with E-state index in [1.54, 1.807) is 6.07 Å². The summed E-state index contributed by atoms with van der Waals surface area (Å²) in [4.78, 5) is 9.26. The highest BCUT2D eigenvalue weighted by Crippen LogP contribution is 2.20. The Hall–Kier alpha value is -2.20. The van der Waals surface area contributed by atoms with Gasteiger partial charge in [-0.2, -0.15) is 4.31 Å². The molecule has 2 aromatic rings. The molecule has 0 unspecified atom stereocenters. The molecule has 0 aliphatic carbocycles. The topological polar surface area (TPSA) is 75.2 Å². The van der Waals surface area contributed by atoms with E-state index in [2.05, 4.69) is 33.8 Å². The minimum Gasteiger partial charge on any atom is -0.492 e. The summed E-state index contributed by atoms with van der Waals surface area (Å²) in [6.45, 7) is 8.81. The molecule has 2 aliphatic heterocycles. The van der Waals surface area contributed by atoms with E-state index in [0.29, 0.717) is 32.9 Å². The number of hydrogen-bond acceptors (Lipinski definition) is 7. The molecule has 0 N–H and O–H groups in total. The van der Waals surface area contributed by atoms with Gasteiger partial charge < -0.3 is 14.4 Å². The van der Waals surface area contributed by atoms with Crippen molar-refractivity contribution in [2.24, 2.45) is 0 Å². The Balaban J connectivity index is 1.25. The number of ether oxygens (including phenoxy) is 2. The van der Waals surface area contributed by atoms with E-state index < -0.39 is 10.0 Å². The predicted octanol–water partition coefficient (Wildman–Crippen LogP) is 1.61. The molecule has 31 heavy (non-hydrogen) atoms. The average molecular weight is 447 g/mol. The van der Waals surface area contributed by atoms with Crippen molar-refractivity contribution in [3.05, 3.63) is 48.2 Å². The number of aryl methyl sites for hydroxylation is 1. The fourth-order valence-electron chi connectivity index (χ4n) is 3.78. The summed E-state index contributed by atoms with van der Waals surface area (Å²) < 4.78 is 38.0. The lowest BCUT2D eigenvalue weighted by atomic mass is 10.2. The van der Waals surface area contributed by atoms with E-state index in [4.69, 9.17) is 9.47 Å². The first kappa shape index (κ1) is 22.0. The van der Waals surface area contributed by atoms with Crippen LogP contribution in [0.15, 0.2) is 47.5 Å².